The van der Waals surface area contributed by atoms with Crippen LogP contribution in [0.3, 0.4) is 0 Å². The minimum absolute atomic E-state index is 0.155. The monoisotopic (exact) mass is 343 g/mol. The lowest BCUT2D eigenvalue weighted by atomic mass is 10.0. The van der Waals surface area contributed by atoms with Crippen LogP contribution in [0.5, 0.6) is 0 Å². The molecule has 0 spiro atoms. The van der Waals surface area contributed by atoms with E-state index < -0.39 is 17.5 Å². The van der Waals surface area contributed by atoms with Gasteiger partial charge in [-0.2, -0.15) is 0 Å². The van der Waals surface area contributed by atoms with E-state index in [2.05, 4.69) is 21.2 Å². The predicted octanol–water partition coefficient (Wildman–Crippen LogP) is 4.64. The Hall–Kier alpha value is -1.33. The van der Waals surface area contributed by atoms with Crippen LogP contribution < -0.4 is 5.32 Å². The first kappa shape index (κ1) is 15.1. The Bertz CT molecular complexity index is 629. The highest BCUT2D eigenvalue weighted by Crippen LogP contribution is 2.31. The van der Waals surface area contributed by atoms with Gasteiger partial charge >= 0.3 is 0 Å². The zero-order valence-electron chi connectivity index (χ0n) is 10.8. The summed E-state index contributed by atoms with van der Waals surface area (Å²) in [5.41, 5.74) is 0.538. The van der Waals surface area contributed by atoms with Crippen LogP contribution in [-0.4, -0.2) is 6.54 Å². The molecule has 20 heavy (non-hydrogen) atoms. The molecule has 1 nitrogen and oxygen atoms in total. The molecule has 5 heteroatoms. The van der Waals surface area contributed by atoms with E-state index >= 15 is 0 Å². The Labute approximate surface area is 123 Å². The van der Waals surface area contributed by atoms with Gasteiger partial charge in [0.05, 0.1) is 10.0 Å². The molecule has 0 radical (unpaired) electrons. The van der Waals surface area contributed by atoms with E-state index in [1.807, 2.05) is 6.92 Å². The maximum atomic E-state index is 14.0. The van der Waals surface area contributed by atoms with Gasteiger partial charge in [-0.1, -0.05) is 13.0 Å². The maximum Gasteiger partial charge on any atom is 0.148 e. The first-order valence-corrected chi connectivity index (χ1v) is 6.97. The number of benzene rings is 2. The van der Waals surface area contributed by atoms with Crippen molar-refractivity contribution in [3.8, 4) is 11.1 Å². The zero-order chi connectivity index (χ0) is 14.7. The molecule has 1 N–H and O–H groups in total. The highest BCUT2D eigenvalue weighted by Gasteiger charge is 2.15. The third-order valence-corrected chi connectivity index (χ3v) is 3.56. The Morgan fingerprint density at radius 2 is 1.75 bits per heavy atom. The van der Waals surface area contributed by atoms with Crippen molar-refractivity contribution < 1.29 is 13.2 Å². The minimum Gasteiger partial charge on any atom is -0.313 e. The number of halogens is 4. The lowest BCUT2D eigenvalue weighted by molar-refractivity contribution is 0.582. The summed E-state index contributed by atoms with van der Waals surface area (Å²) < 4.78 is 41.7. The quantitative estimate of drug-likeness (QED) is 0.797. The fourth-order valence-corrected chi connectivity index (χ4v) is 2.25. The molecule has 0 aliphatic heterocycles. The molecule has 0 atom stereocenters. The molecule has 106 valence electrons. The summed E-state index contributed by atoms with van der Waals surface area (Å²) in [5.74, 6) is -1.76. The lowest BCUT2D eigenvalue weighted by Gasteiger charge is -2.10. The minimum atomic E-state index is -0.689. The van der Waals surface area contributed by atoms with E-state index in [1.165, 1.54) is 30.3 Å². The van der Waals surface area contributed by atoms with Gasteiger partial charge in [-0.15, -0.1) is 0 Å². The number of nitrogens with one attached hydrogen (secondary N) is 1. The standard InChI is InChI=1S/C15H13BrF3N/c1-2-20-8-10-7-9(3-5-12(10)17)14-13(18)6-4-11(16)15(14)19/h3-7,20H,2,8H2,1H3. The van der Waals surface area contributed by atoms with E-state index in [0.29, 0.717) is 24.2 Å². The topological polar surface area (TPSA) is 12.0 Å². The molecule has 0 saturated heterocycles. The second-order valence-electron chi connectivity index (χ2n) is 4.30. The van der Waals surface area contributed by atoms with Crippen molar-refractivity contribution in [3.05, 3.63) is 57.8 Å². The van der Waals surface area contributed by atoms with Crippen LogP contribution in [0.15, 0.2) is 34.8 Å². The number of hydrogen-bond donors (Lipinski definition) is 1. The molecule has 0 saturated carbocycles. The van der Waals surface area contributed by atoms with Gasteiger partial charge in [0.1, 0.15) is 17.5 Å². The van der Waals surface area contributed by atoms with E-state index in [9.17, 15) is 13.2 Å². The molecule has 0 bridgehead atoms. The Balaban J connectivity index is 2.51. The van der Waals surface area contributed by atoms with E-state index in [-0.39, 0.29) is 10.0 Å². The summed E-state index contributed by atoms with van der Waals surface area (Å²) in [6, 6.07) is 6.54. The van der Waals surface area contributed by atoms with Gasteiger partial charge in [0.2, 0.25) is 0 Å². The normalized spacial score (nSPS) is 10.8. The third-order valence-electron chi connectivity index (χ3n) is 2.94. The van der Waals surface area contributed by atoms with Gasteiger partial charge in [-0.05, 0) is 52.3 Å². The van der Waals surface area contributed by atoms with E-state index in [1.54, 1.807) is 0 Å². The van der Waals surface area contributed by atoms with Gasteiger partial charge in [0, 0.05) is 12.1 Å². The SMILES string of the molecule is CCNCc1cc(-c2c(F)ccc(Br)c2F)ccc1F. The van der Waals surface area contributed by atoms with E-state index in [0.717, 1.165) is 0 Å². The molecule has 0 amide bonds. The van der Waals surface area contributed by atoms with Crippen LogP contribution in [0.1, 0.15) is 12.5 Å². The summed E-state index contributed by atoms with van der Waals surface area (Å²) in [6.07, 6.45) is 0. The van der Waals surface area contributed by atoms with Crippen molar-refractivity contribution in [3.63, 3.8) is 0 Å². The Kier molecular flexibility index (Phi) is 4.83. The molecule has 0 aliphatic carbocycles. The average Bonchev–Trinajstić information content (AvgIpc) is 2.43. The fourth-order valence-electron chi connectivity index (χ4n) is 1.92. The van der Waals surface area contributed by atoms with Crippen molar-refractivity contribution in [2.75, 3.05) is 6.54 Å². The van der Waals surface area contributed by atoms with E-state index in [4.69, 9.17) is 0 Å². The second kappa shape index (κ2) is 6.41. The molecule has 0 aliphatic rings. The average molecular weight is 344 g/mol. The van der Waals surface area contributed by atoms with Gasteiger partial charge in [-0.25, -0.2) is 13.2 Å². The summed E-state index contributed by atoms with van der Waals surface area (Å²) in [5, 5.41) is 2.99. The smallest absolute Gasteiger partial charge is 0.148 e. The number of rotatable bonds is 4. The molecule has 0 unspecified atom stereocenters. The zero-order valence-corrected chi connectivity index (χ0v) is 12.4. The van der Waals surface area contributed by atoms with Gasteiger partial charge in [0.25, 0.3) is 0 Å². The molecule has 0 heterocycles. The second-order valence-corrected chi connectivity index (χ2v) is 5.16. The van der Waals surface area contributed by atoms with Crippen LogP contribution in [-0.2, 0) is 6.54 Å². The summed E-state index contributed by atoms with van der Waals surface area (Å²) in [4.78, 5) is 0. The first-order chi connectivity index (χ1) is 9.54. The largest absolute Gasteiger partial charge is 0.313 e. The predicted molar refractivity (Wildman–Crippen MR) is 76.8 cm³/mol. The molecule has 2 rings (SSSR count). The van der Waals surface area contributed by atoms with Crippen molar-refractivity contribution in [2.24, 2.45) is 0 Å². The van der Waals surface area contributed by atoms with Crippen molar-refractivity contribution in [1.29, 1.82) is 0 Å². The van der Waals surface area contributed by atoms with Gasteiger partial charge in [-0.3, -0.25) is 0 Å². The van der Waals surface area contributed by atoms with Crippen molar-refractivity contribution >= 4 is 15.9 Å². The molecular formula is C15H13BrF3N. The van der Waals surface area contributed by atoms with Crippen LogP contribution in [0.25, 0.3) is 11.1 Å². The fraction of sp³-hybridized carbons (Fsp3) is 0.200. The third kappa shape index (κ3) is 3.04. The van der Waals surface area contributed by atoms with Gasteiger partial charge in [0.15, 0.2) is 0 Å². The van der Waals surface area contributed by atoms with Crippen LogP contribution in [0.4, 0.5) is 13.2 Å². The first-order valence-electron chi connectivity index (χ1n) is 6.17. The summed E-state index contributed by atoms with van der Waals surface area (Å²) in [6.45, 7) is 2.89. The van der Waals surface area contributed by atoms with Crippen molar-refractivity contribution in [1.82, 2.24) is 5.32 Å². The highest BCUT2D eigenvalue weighted by atomic mass is 79.9. The van der Waals surface area contributed by atoms with Crippen LogP contribution >= 0.6 is 15.9 Å². The van der Waals surface area contributed by atoms with Crippen LogP contribution in [0.2, 0.25) is 0 Å². The molecule has 0 fully saturated rings. The van der Waals surface area contributed by atoms with Crippen LogP contribution in [0, 0.1) is 17.5 Å². The number of hydrogen-bond acceptors (Lipinski definition) is 1. The Morgan fingerprint density at radius 3 is 2.45 bits per heavy atom. The molecule has 0 aromatic heterocycles. The summed E-state index contributed by atoms with van der Waals surface area (Å²) >= 11 is 3.02. The molecule has 2 aromatic rings. The highest BCUT2D eigenvalue weighted by molar-refractivity contribution is 9.10. The lowest BCUT2D eigenvalue weighted by Crippen LogP contribution is -2.13. The van der Waals surface area contributed by atoms with Gasteiger partial charge < -0.3 is 5.32 Å². The Morgan fingerprint density at radius 1 is 1.05 bits per heavy atom. The van der Waals surface area contributed by atoms with Crippen molar-refractivity contribution in [2.45, 2.75) is 13.5 Å². The summed E-state index contributed by atoms with van der Waals surface area (Å²) in [7, 11) is 0. The molecule has 2 aromatic carbocycles. The maximum absolute atomic E-state index is 14.0. The molecular weight excluding hydrogens is 331 g/mol.